The van der Waals surface area contributed by atoms with E-state index in [0.29, 0.717) is 59.7 Å². The molecule has 0 saturated carbocycles. The molecule has 8 rings (SSSR count). The molecule has 4 unspecified atom stereocenters. The lowest BCUT2D eigenvalue weighted by molar-refractivity contribution is -0.533. The van der Waals surface area contributed by atoms with E-state index >= 15 is 34.8 Å². The zero-order valence-corrected chi connectivity index (χ0v) is 41.0. The van der Waals surface area contributed by atoms with Crippen LogP contribution in [0.15, 0.2) is 216 Å². The summed E-state index contributed by atoms with van der Waals surface area (Å²) in [7, 11) is -19.7. The molecule has 2 aliphatic carbocycles. The van der Waals surface area contributed by atoms with E-state index in [0.717, 1.165) is 36.4 Å². The van der Waals surface area contributed by atoms with Crippen molar-refractivity contribution in [1.82, 2.24) is 0 Å². The lowest BCUT2D eigenvalue weighted by Gasteiger charge is -2.48. The highest BCUT2D eigenvalue weighted by Crippen LogP contribution is 2.58. The molecule has 6 aromatic carbocycles. The monoisotopic (exact) mass is 1070 g/mol. The molecular weight excluding hydrogens is 1030 g/mol. The molecule has 0 heterocycles. The van der Waals surface area contributed by atoms with Crippen LogP contribution >= 0.6 is 0 Å². The maximum Gasteiger partial charge on any atom is 0.365 e. The van der Waals surface area contributed by atoms with Crippen LogP contribution in [0, 0.1) is 40.5 Å². The molecule has 0 N–H and O–H groups in total. The zero-order chi connectivity index (χ0) is 54.2. The first kappa shape index (κ1) is 52.4. The second-order valence-corrected chi connectivity index (χ2v) is 23.7. The first-order valence-electron chi connectivity index (χ1n) is 22.2. The van der Waals surface area contributed by atoms with Crippen molar-refractivity contribution in [3.8, 4) is 22.3 Å². The molecule has 0 aromatic heterocycles. The van der Waals surface area contributed by atoms with Crippen molar-refractivity contribution in [2.45, 2.75) is 41.9 Å². The smallest absolute Gasteiger partial charge is 0.294 e. The fourth-order valence-corrected chi connectivity index (χ4v) is 18.2. The Kier molecular flexibility index (Phi) is 13.6. The fraction of sp³-hybridized carbons (Fsp3) is 0.115. The number of carbonyl (C=O) groups excluding carboxylic acids is 2. The maximum absolute atomic E-state index is 17.4. The van der Waals surface area contributed by atoms with Gasteiger partial charge in [0.05, 0.1) is 9.85 Å². The number of allylic oxidation sites excluding steroid dienone is 4. The van der Waals surface area contributed by atoms with E-state index in [2.05, 4.69) is 0 Å². The molecule has 6 aromatic rings. The Morgan fingerprint density at radius 3 is 1.05 bits per heavy atom. The number of sulfone groups is 3. The highest BCUT2D eigenvalue weighted by Gasteiger charge is 2.85. The molecule has 0 fully saturated rings. The number of hydrogen-bond donors (Lipinski definition) is 0. The Morgan fingerprint density at radius 2 is 0.707 bits per heavy atom. The quantitative estimate of drug-likeness (QED) is 0.0441. The SMILES string of the molecule is O=C(CC1(S(=O)(=O)C2(CC(=O)c3ccccc3-c3ccccc3)C=CC=CC2([N+](=O)[O-])S(=O)(=O)c2ccccc2[N+](=O)[O-])C=CC=CC1([N+](=O)[O-])S(=O)(=O)c1ccccc1[N+](=O)[O-])c1ccccc1-c1ccccc1. The van der Waals surface area contributed by atoms with Gasteiger partial charge in [0.1, 0.15) is 0 Å². The number of nitrogens with zero attached hydrogens (tertiary/aromatic N) is 4. The molecule has 20 nitrogen and oxygen atoms in total. The molecule has 75 heavy (non-hydrogen) atoms. The largest absolute Gasteiger partial charge is 0.365 e. The molecule has 0 spiro atoms. The maximum atomic E-state index is 17.4. The standard InChI is InChI=1S/C52H38N4O16S3/c57-45(41-25-9-7-23-39(41)37-19-3-1-4-20-37)35-49(31-15-17-33-51(49,55(63)64)73(67,68)47-29-13-11-27-43(47)53(59)60)75(71,72)50(36-46(58)42-26-10-8-24-40(42)38-21-5-2-6-22-38)32-16-18-34-52(50,56(65)66)74(69,70)48-30-14-12-28-44(48)54(61)62/h1-34H,35-36H2. The van der Waals surface area contributed by atoms with Gasteiger partial charge in [0.25, 0.3) is 31.0 Å². The lowest BCUT2D eigenvalue weighted by atomic mass is 9.84. The Bertz CT molecular complexity index is 3620. The van der Waals surface area contributed by atoms with Crippen LogP contribution in [0.1, 0.15) is 33.6 Å². The number of hydrogen-bond acceptors (Lipinski definition) is 16. The van der Waals surface area contributed by atoms with Gasteiger partial charge >= 0.3 is 9.74 Å². The lowest BCUT2D eigenvalue weighted by Crippen LogP contribution is -2.75. The molecule has 0 saturated heterocycles. The van der Waals surface area contributed by atoms with Gasteiger partial charge in [-0.05, 0) is 34.4 Å². The summed E-state index contributed by atoms with van der Waals surface area (Å²) >= 11 is 0. The van der Waals surface area contributed by atoms with Crippen molar-refractivity contribution in [2.75, 3.05) is 0 Å². The van der Waals surface area contributed by atoms with Crippen molar-refractivity contribution in [2.24, 2.45) is 0 Å². The third kappa shape index (κ3) is 7.89. The Balaban J connectivity index is 1.57. The van der Waals surface area contributed by atoms with Gasteiger partial charge in [-0.2, -0.15) is 0 Å². The van der Waals surface area contributed by atoms with Crippen LogP contribution < -0.4 is 0 Å². The number of Topliss-reactive ketones (excluding diaryl/α,β-unsaturated/α-hetero) is 2. The van der Waals surface area contributed by atoms with Crippen molar-refractivity contribution in [3.63, 3.8) is 0 Å². The number of nitro groups is 4. The van der Waals surface area contributed by atoms with Gasteiger partial charge in [0, 0.05) is 58.1 Å². The predicted molar refractivity (Wildman–Crippen MR) is 273 cm³/mol. The minimum absolute atomic E-state index is 0.0562. The second kappa shape index (κ2) is 19.5. The summed E-state index contributed by atoms with van der Waals surface area (Å²) in [5.74, 6) is -2.80. The third-order valence-corrected chi connectivity index (χ3v) is 21.5. The van der Waals surface area contributed by atoms with Gasteiger partial charge in [-0.15, -0.1) is 0 Å². The number of rotatable bonds is 18. The summed E-state index contributed by atoms with van der Waals surface area (Å²) in [6, 6.07) is 32.6. The first-order valence-corrected chi connectivity index (χ1v) is 26.6. The van der Waals surface area contributed by atoms with Crippen LogP contribution in [0.5, 0.6) is 0 Å². The zero-order valence-electron chi connectivity index (χ0n) is 38.6. The van der Waals surface area contributed by atoms with E-state index < -0.39 is 125 Å². The molecule has 0 aliphatic heterocycles. The topological polar surface area (TPSA) is 309 Å². The highest BCUT2D eigenvalue weighted by atomic mass is 32.2. The first-order chi connectivity index (χ1) is 35.6. The van der Waals surface area contributed by atoms with Crippen LogP contribution in [0.4, 0.5) is 11.4 Å². The van der Waals surface area contributed by atoms with E-state index in [4.69, 9.17) is 0 Å². The predicted octanol–water partition coefficient (Wildman–Crippen LogP) is 8.72. The number of carbonyl (C=O) groups is 2. The summed E-state index contributed by atoms with van der Waals surface area (Å²) in [6.45, 7) is 0. The van der Waals surface area contributed by atoms with Crippen LogP contribution in [-0.2, 0) is 29.5 Å². The van der Waals surface area contributed by atoms with Crippen LogP contribution in [0.25, 0.3) is 22.3 Å². The number of ketones is 2. The molecular formula is C52H38N4O16S3. The minimum Gasteiger partial charge on any atom is -0.294 e. The Hall–Kier alpha value is -8.93. The van der Waals surface area contributed by atoms with Crippen molar-refractivity contribution < 1.29 is 54.5 Å². The number of para-hydroxylation sites is 2. The summed E-state index contributed by atoms with van der Waals surface area (Å²) in [4.78, 5) is 67.5. The highest BCUT2D eigenvalue weighted by molar-refractivity contribution is 8.00. The van der Waals surface area contributed by atoms with Crippen molar-refractivity contribution in [3.05, 3.63) is 258 Å². The third-order valence-electron chi connectivity index (χ3n) is 13.3. The summed E-state index contributed by atoms with van der Waals surface area (Å²) < 4.78 is 89.5. The van der Waals surface area contributed by atoms with E-state index in [1.807, 2.05) is 0 Å². The number of benzene rings is 6. The Labute approximate surface area is 427 Å². The normalized spacial score (nSPS) is 21.2. The minimum atomic E-state index is -6.92. The average molecular weight is 1070 g/mol. The number of nitro benzene ring substituents is 2. The molecule has 4 atom stereocenters. The van der Waals surface area contributed by atoms with Crippen LogP contribution in [-0.4, -0.2) is 75.7 Å². The van der Waals surface area contributed by atoms with Crippen LogP contribution in [0.2, 0.25) is 0 Å². The van der Waals surface area contributed by atoms with Gasteiger partial charge in [0.15, 0.2) is 40.7 Å². The van der Waals surface area contributed by atoms with Crippen LogP contribution in [0.3, 0.4) is 0 Å². The van der Waals surface area contributed by atoms with Crippen molar-refractivity contribution >= 4 is 52.5 Å². The van der Waals surface area contributed by atoms with E-state index in [1.165, 1.54) is 72.8 Å². The summed E-state index contributed by atoms with van der Waals surface area (Å²) in [5, 5.41) is 54.2. The van der Waals surface area contributed by atoms with E-state index in [9.17, 15) is 40.5 Å². The van der Waals surface area contributed by atoms with Gasteiger partial charge in [-0.1, -0.05) is 170 Å². The molecule has 0 radical (unpaired) electrons. The molecule has 23 heteroatoms. The Morgan fingerprint density at radius 1 is 0.400 bits per heavy atom. The molecule has 0 amide bonds. The van der Waals surface area contributed by atoms with E-state index in [-0.39, 0.29) is 23.3 Å². The van der Waals surface area contributed by atoms with Gasteiger partial charge in [-0.3, -0.25) is 50.0 Å². The van der Waals surface area contributed by atoms with Gasteiger partial charge in [0.2, 0.25) is 0 Å². The van der Waals surface area contributed by atoms with Gasteiger partial charge < -0.3 is 0 Å². The molecule has 2 aliphatic rings. The van der Waals surface area contributed by atoms with Crippen molar-refractivity contribution in [1.29, 1.82) is 0 Å². The summed E-state index contributed by atoms with van der Waals surface area (Å²) in [6.07, 6.45) is 0.178. The fourth-order valence-electron chi connectivity index (χ4n) is 9.89. The second-order valence-electron chi connectivity index (χ2n) is 17.1. The van der Waals surface area contributed by atoms with E-state index in [1.54, 1.807) is 36.4 Å². The van der Waals surface area contributed by atoms with Gasteiger partial charge in [-0.25, -0.2) is 25.3 Å². The summed E-state index contributed by atoms with van der Waals surface area (Å²) in [5.41, 5.74) is -2.72. The molecule has 0 bridgehead atoms. The molecule has 380 valence electrons. The average Bonchev–Trinajstić information content (AvgIpc) is 3.53.